The maximum atomic E-state index is 11.8. The topological polar surface area (TPSA) is 83.1 Å². The van der Waals surface area contributed by atoms with E-state index < -0.39 is 17.8 Å². The van der Waals surface area contributed by atoms with Crippen LogP contribution in [0, 0.1) is 0 Å². The first-order valence-electron chi connectivity index (χ1n) is 5.77. The first-order valence-corrected chi connectivity index (χ1v) is 5.77. The van der Waals surface area contributed by atoms with Crippen LogP contribution >= 0.6 is 0 Å². The van der Waals surface area contributed by atoms with E-state index in [1.165, 1.54) is 14.2 Å². The highest BCUT2D eigenvalue weighted by molar-refractivity contribution is 5.82. The lowest BCUT2D eigenvalue weighted by Crippen LogP contribution is -2.48. The summed E-state index contributed by atoms with van der Waals surface area (Å²) in [6, 6.07) is 0. The number of methoxy groups -OCH3 is 2. The average Bonchev–Trinajstić information content (AvgIpc) is 2.80. The Balaban J connectivity index is 2.66. The summed E-state index contributed by atoms with van der Waals surface area (Å²) in [5.41, 5.74) is 1.58. The minimum Gasteiger partial charge on any atom is -0.469 e. The van der Waals surface area contributed by atoms with Crippen molar-refractivity contribution in [2.75, 3.05) is 20.8 Å². The van der Waals surface area contributed by atoms with E-state index in [4.69, 9.17) is 14.3 Å². The summed E-state index contributed by atoms with van der Waals surface area (Å²) in [6.07, 6.45) is 0.105. The molecule has 2 atom stereocenters. The van der Waals surface area contributed by atoms with Crippen molar-refractivity contribution < 1.29 is 28.6 Å². The van der Waals surface area contributed by atoms with Crippen LogP contribution in [0.3, 0.4) is 0 Å². The van der Waals surface area contributed by atoms with E-state index in [-0.39, 0.29) is 18.8 Å². The van der Waals surface area contributed by atoms with Crippen LogP contribution in [-0.2, 0) is 28.6 Å². The largest absolute Gasteiger partial charge is 0.469 e. The summed E-state index contributed by atoms with van der Waals surface area (Å²) in [5, 5.41) is 0. The quantitative estimate of drug-likeness (QED) is 0.681. The van der Waals surface area contributed by atoms with Crippen molar-refractivity contribution in [2.24, 2.45) is 0 Å². The molecule has 1 aliphatic rings. The summed E-state index contributed by atoms with van der Waals surface area (Å²) in [6.45, 7) is 2.30. The van der Waals surface area contributed by atoms with Gasteiger partial charge in [-0.05, 0) is 13.3 Å². The molecule has 0 radical (unpaired) electrons. The molecule has 1 aliphatic heterocycles. The van der Waals surface area contributed by atoms with Gasteiger partial charge in [-0.25, -0.2) is 4.79 Å². The molecule has 104 valence electrons. The predicted octanol–water partition coefficient (Wildman–Crippen LogP) is 0.139. The van der Waals surface area contributed by atoms with Gasteiger partial charge in [0.15, 0.2) is 6.29 Å². The molecule has 0 saturated carbocycles. The molecule has 0 aliphatic carbocycles. The lowest BCUT2D eigenvalue weighted by Gasteiger charge is -2.23. The fourth-order valence-corrected chi connectivity index (χ4v) is 1.82. The monoisotopic (exact) mass is 261 g/mol. The molecule has 1 rings (SSSR count). The standard InChI is InChI=1S/C11H19NO6/c1-4-17-9-7-11(12-18-9,10(14)16-3)6-5-8(13)15-2/h9,12H,4-7H2,1-3H3/t9-,11-/m0/s1. The predicted molar refractivity (Wildman–Crippen MR) is 60.2 cm³/mol. The number of carbonyl (C=O) groups is 2. The van der Waals surface area contributed by atoms with Crippen molar-refractivity contribution in [3.63, 3.8) is 0 Å². The Morgan fingerprint density at radius 3 is 2.67 bits per heavy atom. The fourth-order valence-electron chi connectivity index (χ4n) is 1.82. The maximum Gasteiger partial charge on any atom is 0.328 e. The zero-order valence-corrected chi connectivity index (χ0v) is 10.9. The normalized spacial score (nSPS) is 26.9. The molecule has 1 N–H and O–H groups in total. The van der Waals surface area contributed by atoms with Crippen LogP contribution in [0.4, 0.5) is 0 Å². The summed E-state index contributed by atoms with van der Waals surface area (Å²) in [4.78, 5) is 28.1. The van der Waals surface area contributed by atoms with Crippen LogP contribution in [0.2, 0.25) is 0 Å². The van der Waals surface area contributed by atoms with Gasteiger partial charge in [0, 0.05) is 19.4 Å². The van der Waals surface area contributed by atoms with Crippen molar-refractivity contribution in [3.8, 4) is 0 Å². The third-order valence-corrected chi connectivity index (χ3v) is 2.81. The van der Waals surface area contributed by atoms with Crippen LogP contribution in [0.25, 0.3) is 0 Å². The second-order valence-electron chi connectivity index (χ2n) is 3.96. The summed E-state index contributed by atoms with van der Waals surface area (Å²) < 4.78 is 14.6. The first-order chi connectivity index (χ1) is 8.57. The second-order valence-corrected chi connectivity index (χ2v) is 3.96. The number of esters is 2. The number of carbonyl (C=O) groups excluding carboxylic acids is 2. The number of ether oxygens (including phenoxy) is 3. The SMILES string of the molecule is CCO[C@@H]1C[C@@](CCC(=O)OC)(C(=O)OC)NO1. The molecule has 1 saturated heterocycles. The minimum absolute atomic E-state index is 0.0980. The van der Waals surface area contributed by atoms with Gasteiger partial charge >= 0.3 is 11.9 Å². The van der Waals surface area contributed by atoms with Crippen molar-refractivity contribution >= 4 is 11.9 Å². The summed E-state index contributed by atoms with van der Waals surface area (Å²) in [5.74, 6) is -0.867. The van der Waals surface area contributed by atoms with Gasteiger partial charge < -0.3 is 14.2 Å². The highest BCUT2D eigenvalue weighted by atomic mass is 16.8. The van der Waals surface area contributed by atoms with Crippen molar-refractivity contribution in [1.29, 1.82) is 0 Å². The summed E-state index contributed by atoms with van der Waals surface area (Å²) >= 11 is 0. The zero-order chi connectivity index (χ0) is 13.6. The maximum absolute atomic E-state index is 11.8. The van der Waals surface area contributed by atoms with Gasteiger partial charge in [0.2, 0.25) is 0 Å². The van der Waals surface area contributed by atoms with E-state index in [1.54, 1.807) is 0 Å². The Bertz CT molecular complexity index is 308. The number of hydrogen-bond acceptors (Lipinski definition) is 7. The molecule has 18 heavy (non-hydrogen) atoms. The third-order valence-electron chi connectivity index (χ3n) is 2.81. The molecule has 7 heteroatoms. The molecule has 0 aromatic carbocycles. The molecule has 0 spiro atoms. The molecule has 1 heterocycles. The highest BCUT2D eigenvalue weighted by Crippen LogP contribution is 2.29. The molecular weight excluding hydrogens is 242 g/mol. The van der Waals surface area contributed by atoms with Gasteiger partial charge in [0.1, 0.15) is 5.54 Å². The van der Waals surface area contributed by atoms with Gasteiger partial charge in [-0.1, -0.05) is 0 Å². The van der Waals surface area contributed by atoms with E-state index in [1.807, 2.05) is 6.92 Å². The Hall–Kier alpha value is -1.18. The Morgan fingerprint density at radius 2 is 2.11 bits per heavy atom. The number of hydroxylamine groups is 1. The summed E-state index contributed by atoms with van der Waals surface area (Å²) in [7, 11) is 2.59. The molecule has 0 aromatic heterocycles. The molecule has 0 bridgehead atoms. The molecular formula is C11H19NO6. The van der Waals surface area contributed by atoms with Crippen molar-refractivity contribution in [2.45, 2.75) is 38.0 Å². The third kappa shape index (κ3) is 3.41. The smallest absolute Gasteiger partial charge is 0.328 e. The molecule has 0 unspecified atom stereocenters. The second kappa shape index (κ2) is 6.67. The Morgan fingerprint density at radius 1 is 1.39 bits per heavy atom. The van der Waals surface area contributed by atoms with Crippen LogP contribution in [0.5, 0.6) is 0 Å². The van der Waals surface area contributed by atoms with E-state index >= 15 is 0 Å². The first kappa shape index (κ1) is 14.9. The fraction of sp³-hybridized carbons (Fsp3) is 0.818. The van der Waals surface area contributed by atoms with Crippen molar-refractivity contribution in [3.05, 3.63) is 0 Å². The number of rotatable bonds is 6. The van der Waals surface area contributed by atoms with Gasteiger partial charge in [-0.3, -0.25) is 9.63 Å². The van der Waals surface area contributed by atoms with Crippen LogP contribution in [-0.4, -0.2) is 44.6 Å². The van der Waals surface area contributed by atoms with E-state index in [2.05, 4.69) is 10.2 Å². The van der Waals surface area contributed by atoms with Crippen LogP contribution < -0.4 is 5.48 Å². The van der Waals surface area contributed by atoms with Gasteiger partial charge in [0.05, 0.1) is 14.2 Å². The minimum atomic E-state index is -1.05. The van der Waals surface area contributed by atoms with Crippen molar-refractivity contribution in [1.82, 2.24) is 5.48 Å². The molecule has 7 nitrogen and oxygen atoms in total. The van der Waals surface area contributed by atoms with E-state index in [9.17, 15) is 9.59 Å². The Kier molecular flexibility index (Phi) is 5.52. The van der Waals surface area contributed by atoms with Crippen LogP contribution in [0.15, 0.2) is 0 Å². The van der Waals surface area contributed by atoms with Crippen LogP contribution in [0.1, 0.15) is 26.2 Å². The highest BCUT2D eigenvalue weighted by Gasteiger charge is 2.48. The Labute approximate surface area is 106 Å². The van der Waals surface area contributed by atoms with Gasteiger partial charge in [0.25, 0.3) is 0 Å². The molecule has 0 amide bonds. The zero-order valence-electron chi connectivity index (χ0n) is 10.9. The number of nitrogens with one attached hydrogen (secondary N) is 1. The van der Waals surface area contributed by atoms with Gasteiger partial charge in [-0.15, -0.1) is 0 Å². The van der Waals surface area contributed by atoms with E-state index in [0.717, 1.165) is 0 Å². The lowest BCUT2D eigenvalue weighted by molar-refractivity contribution is -0.156. The van der Waals surface area contributed by atoms with E-state index in [0.29, 0.717) is 13.0 Å². The molecule has 0 aromatic rings. The molecule has 1 fully saturated rings. The van der Waals surface area contributed by atoms with Gasteiger partial charge in [-0.2, -0.15) is 5.48 Å². The average molecular weight is 261 g/mol. The lowest BCUT2D eigenvalue weighted by atomic mass is 9.91. The number of hydrogen-bond donors (Lipinski definition) is 1.